The van der Waals surface area contributed by atoms with E-state index < -0.39 is 0 Å². The normalized spacial score (nSPS) is 20.5. The van der Waals surface area contributed by atoms with Crippen LogP contribution in [-0.2, 0) is 14.3 Å². The van der Waals surface area contributed by atoms with Crippen LogP contribution in [0.3, 0.4) is 0 Å². The molecule has 0 atom stereocenters. The lowest BCUT2D eigenvalue weighted by Gasteiger charge is -2.36. The maximum absolute atomic E-state index is 10.9. The van der Waals surface area contributed by atoms with E-state index in [0.29, 0.717) is 19.6 Å². The Labute approximate surface area is 66.7 Å². The molecule has 1 rings (SSSR count). The first-order valence-electron chi connectivity index (χ1n) is 3.71. The molecule has 0 aromatic rings. The second-order valence-electron chi connectivity index (χ2n) is 3.21. The zero-order valence-corrected chi connectivity index (χ0v) is 6.92. The summed E-state index contributed by atoms with van der Waals surface area (Å²) in [4.78, 5) is 10.9. The summed E-state index contributed by atoms with van der Waals surface area (Å²) < 4.78 is 9.69. The lowest BCUT2D eigenvalue weighted by atomic mass is 9.85. The molecule has 3 heteroatoms. The molecule has 0 unspecified atom stereocenters. The summed E-state index contributed by atoms with van der Waals surface area (Å²) in [6.07, 6.45) is 0.456. The fourth-order valence-electron chi connectivity index (χ4n) is 1.07. The third-order valence-electron chi connectivity index (χ3n) is 1.72. The van der Waals surface area contributed by atoms with Crippen molar-refractivity contribution in [1.29, 1.82) is 0 Å². The number of hydrogen-bond donors (Lipinski definition) is 0. The largest absolute Gasteiger partial charge is 0.459 e. The first-order chi connectivity index (χ1) is 5.16. The fourth-order valence-corrected chi connectivity index (χ4v) is 1.07. The number of carbonyl (C=O) groups is 1. The van der Waals surface area contributed by atoms with Gasteiger partial charge in [0.05, 0.1) is 19.6 Å². The molecule has 63 valence electrons. The minimum Gasteiger partial charge on any atom is -0.459 e. The van der Waals surface area contributed by atoms with Crippen LogP contribution in [0.25, 0.3) is 0 Å². The molecule has 0 aromatic heterocycles. The maximum Gasteiger partial charge on any atom is 0.306 e. The van der Waals surface area contributed by atoms with Gasteiger partial charge in [-0.05, 0) is 6.92 Å². The highest BCUT2D eigenvalue weighted by atomic mass is 16.5. The Bertz CT molecular complexity index is 149. The monoisotopic (exact) mass is 157 g/mol. The van der Waals surface area contributed by atoms with E-state index in [4.69, 9.17) is 9.47 Å². The van der Waals surface area contributed by atoms with Crippen LogP contribution in [0.1, 0.15) is 20.3 Å². The topological polar surface area (TPSA) is 35.5 Å². The summed E-state index contributed by atoms with van der Waals surface area (Å²) in [5.74, 6) is -0.168. The van der Waals surface area contributed by atoms with Crippen LogP contribution in [0.5, 0.6) is 0 Å². The van der Waals surface area contributed by atoms with E-state index in [0.717, 1.165) is 0 Å². The molecular weight excluding hydrogens is 144 g/mol. The summed E-state index contributed by atoms with van der Waals surface area (Å²) in [5, 5.41) is 0. The molecule has 1 aliphatic rings. The smallest absolute Gasteiger partial charge is 0.306 e. The highest BCUT2D eigenvalue weighted by molar-refractivity contribution is 5.70. The van der Waals surface area contributed by atoms with E-state index in [2.05, 4.69) is 0 Å². The van der Waals surface area contributed by atoms with Crippen LogP contribution >= 0.6 is 0 Å². The van der Waals surface area contributed by atoms with Crippen LogP contribution in [0, 0.1) is 12.0 Å². The lowest BCUT2D eigenvalue weighted by molar-refractivity contribution is -0.155. The number of hydrogen-bond acceptors (Lipinski definition) is 3. The van der Waals surface area contributed by atoms with Crippen LogP contribution in [0.15, 0.2) is 0 Å². The quantitative estimate of drug-likeness (QED) is 0.576. The van der Waals surface area contributed by atoms with Crippen LogP contribution in [0.4, 0.5) is 0 Å². The Balaban J connectivity index is 2.23. The number of rotatable bonds is 3. The van der Waals surface area contributed by atoms with Gasteiger partial charge in [-0.1, -0.05) is 6.92 Å². The molecule has 0 saturated carbocycles. The molecule has 0 amide bonds. The Morgan fingerprint density at radius 3 is 2.73 bits per heavy atom. The summed E-state index contributed by atoms with van der Waals surface area (Å²) in [6.45, 7) is 6.47. The molecular formula is C8H13O3. The second-order valence-corrected chi connectivity index (χ2v) is 3.21. The van der Waals surface area contributed by atoms with Gasteiger partial charge in [0.2, 0.25) is 0 Å². The molecule has 1 saturated heterocycles. The van der Waals surface area contributed by atoms with Crippen molar-refractivity contribution in [2.75, 3.05) is 13.2 Å². The number of esters is 1. The molecule has 1 radical (unpaired) electrons. The second kappa shape index (κ2) is 3.22. The first-order valence-corrected chi connectivity index (χ1v) is 3.71. The molecule has 11 heavy (non-hydrogen) atoms. The fraction of sp³-hybridized carbons (Fsp3) is 0.750. The van der Waals surface area contributed by atoms with Gasteiger partial charge in [-0.25, -0.2) is 0 Å². The van der Waals surface area contributed by atoms with Gasteiger partial charge in [0, 0.05) is 5.41 Å². The van der Waals surface area contributed by atoms with Crippen molar-refractivity contribution < 1.29 is 14.3 Å². The average molecular weight is 157 g/mol. The third-order valence-corrected chi connectivity index (χ3v) is 1.72. The molecule has 3 nitrogen and oxygen atoms in total. The van der Waals surface area contributed by atoms with Gasteiger partial charge >= 0.3 is 5.97 Å². The van der Waals surface area contributed by atoms with Crippen molar-refractivity contribution in [1.82, 2.24) is 0 Å². The predicted octanol–water partition coefficient (Wildman–Crippen LogP) is 1.14. The molecule has 0 aromatic carbocycles. The SMILES string of the molecule is C[CH]OC(=O)CC1(C)COC1. The Hall–Kier alpha value is -0.570. The molecule has 1 fully saturated rings. The van der Waals surface area contributed by atoms with E-state index >= 15 is 0 Å². The Morgan fingerprint density at radius 1 is 1.73 bits per heavy atom. The Morgan fingerprint density at radius 2 is 2.36 bits per heavy atom. The van der Waals surface area contributed by atoms with Crippen molar-refractivity contribution in [2.45, 2.75) is 20.3 Å². The zero-order chi connectivity index (χ0) is 8.32. The summed E-state index contributed by atoms with van der Waals surface area (Å²) in [5.41, 5.74) is 0.0279. The standard InChI is InChI=1S/C8H13O3/c1-3-11-7(9)4-8(2)5-10-6-8/h3H,4-6H2,1-2H3. The summed E-state index contributed by atoms with van der Waals surface area (Å²) in [7, 11) is 0. The van der Waals surface area contributed by atoms with E-state index in [1.54, 1.807) is 6.92 Å². The zero-order valence-electron chi connectivity index (χ0n) is 6.92. The minimum atomic E-state index is -0.168. The number of ether oxygens (including phenoxy) is 2. The highest BCUT2D eigenvalue weighted by Gasteiger charge is 2.36. The minimum absolute atomic E-state index is 0.0279. The summed E-state index contributed by atoms with van der Waals surface area (Å²) in [6, 6.07) is 0. The van der Waals surface area contributed by atoms with Gasteiger partial charge in [-0.15, -0.1) is 0 Å². The van der Waals surface area contributed by atoms with Crippen LogP contribution in [0.2, 0.25) is 0 Å². The summed E-state index contributed by atoms with van der Waals surface area (Å²) >= 11 is 0. The molecule has 1 heterocycles. The highest BCUT2D eigenvalue weighted by Crippen LogP contribution is 2.30. The van der Waals surface area contributed by atoms with E-state index in [1.807, 2.05) is 6.92 Å². The van der Waals surface area contributed by atoms with Crippen molar-refractivity contribution in [2.24, 2.45) is 5.41 Å². The first kappa shape index (κ1) is 8.53. The molecule has 0 aliphatic carbocycles. The van der Waals surface area contributed by atoms with Gasteiger partial charge in [0.1, 0.15) is 6.61 Å². The Kier molecular flexibility index (Phi) is 2.49. The molecule has 1 aliphatic heterocycles. The number of carbonyl (C=O) groups excluding carboxylic acids is 1. The van der Waals surface area contributed by atoms with E-state index in [-0.39, 0.29) is 11.4 Å². The van der Waals surface area contributed by atoms with Gasteiger partial charge in [-0.2, -0.15) is 0 Å². The van der Waals surface area contributed by atoms with Crippen molar-refractivity contribution in [3.8, 4) is 0 Å². The molecule has 0 N–H and O–H groups in total. The maximum atomic E-state index is 10.9. The molecule has 0 bridgehead atoms. The van der Waals surface area contributed by atoms with Gasteiger partial charge in [0.25, 0.3) is 0 Å². The van der Waals surface area contributed by atoms with Crippen LogP contribution < -0.4 is 0 Å². The van der Waals surface area contributed by atoms with E-state index in [9.17, 15) is 4.79 Å². The van der Waals surface area contributed by atoms with Gasteiger partial charge in [-0.3, -0.25) is 4.79 Å². The van der Waals surface area contributed by atoms with Crippen molar-refractivity contribution in [3.05, 3.63) is 6.61 Å². The predicted molar refractivity (Wildman–Crippen MR) is 39.6 cm³/mol. The average Bonchev–Trinajstić information content (AvgIpc) is 1.85. The third kappa shape index (κ3) is 2.19. The van der Waals surface area contributed by atoms with Crippen LogP contribution in [-0.4, -0.2) is 19.2 Å². The molecule has 0 spiro atoms. The van der Waals surface area contributed by atoms with Gasteiger partial charge < -0.3 is 9.47 Å². The lowest BCUT2D eigenvalue weighted by Crippen LogP contribution is -2.41. The van der Waals surface area contributed by atoms with Gasteiger partial charge in [0.15, 0.2) is 0 Å². The van der Waals surface area contributed by atoms with Crippen molar-refractivity contribution in [3.63, 3.8) is 0 Å². The van der Waals surface area contributed by atoms with Crippen molar-refractivity contribution >= 4 is 5.97 Å². The van der Waals surface area contributed by atoms with E-state index in [1.165, 1.54) is 6.61 Å².